The van der Waals surface area contributed by atoms with Crippen molar-refractivity contribution in [2.75, 3.05) is 14.1 Å². The molecule has 0 aliphatic heterocycles. The Morgan fingerprint density at radius 1 is 1.19 bits per heavy atom. The lowest BCUT2D eigenvalue weighted by Crippen LogP contribution is -2.38. The Morgan fingerprint density at radius 2 is 1.88 bits per heavy atom. The average Bonchev–Trinajstić information content (AvgIpc) is 3.26. The number of sulfonamides is 1. The molecule has 2 unspecified atom stereocenters. The van der Waals surface area contributed by atoms with Crippen molar-refractivity contribution in [2.24, 2.45) is 0 Å². The highest BCUT2D eigenvalue weighted by Crippen LogP contribution is 2.33. The van der Waals surface area contributed by atoms with Crippen molar-refractivity contribution in [3.63, 3.8) is 0 Å². The molecule has 1 fully saturated rings. The summed E-state index contributed by atoms with van der Waals surface area (Å²) >= 11 is 0. The van der Waals surface area contributed by atoms with Crippen LogP contribution in [0.4, 0.5) is 13.2 Å². The zero-order valence-corrected chi connectivity index (χ0v) is 18.4. The van der Waals surface area contributed by atoms with Gasteiger partial charge in [-0.3, -0.25) is 4.79 Å². The first kappa shape index (κ1) is 23.9. The molecule has 32 heavy (non-hydrogen) atoms. The number of carbonyl (C=O) groups excluding carboxylic acids is 1. The minimum atomic E-state index is -4.81. The van der Waals surface area contributed by atoms with Crippen LogP contribution in [0.5, 0.6) is 0 Å². The fourth-order valence-corrected chi connectivity index (χ4v) is 4.95. The number of rotatable bonds is 7. The zero-order chi connectivity index (χ0) is 23.5. The monoisotopic (exact) mass is 471 g/mol. The Hall–Kier alpha value is -2.73. The minimum Gasteiger partial charge on any atom is -0.383 e. The van der Waals surface area contributed by atoms with Crippen LogP contribution < -0.4 is 4.72 Å². The summed E-state index contributed by atoms with van der Waals surface area (Å²) in [5, 5.41) is 7.51. The molecule has 1 aliphatic rings. The first-order valence-corrected chi connectivity index (χ1v) is 11.4. The Labute approximate surface area is 184 Å². The Bertz CT molecular complexity index is 1080. The van der Waals surface area contributed by atoms with E-state index in [0.29, 0.717) is 25.0 Å². The SMILES string of the molecule is CN(C)C=CC(=O)c1cc(C(F)(F)F)cc(S(=O)(=O)NC2CCCC(n3cnnc3)C2)c1. The number of nitrogens with zero attached hydrogens (tertiary/aromatic N) is 4. The molecular formula is C20H24F3N5O3S. The number of alkyl halides is 3. The van der Waals surface area contributed by atoms with Crippen molar-refractivity contribution in [1.29, 1.82) is 0 Å². The van der Waals surface area contributed by atoms with Gasteiger partial charge in [0.25, 0.3) is 0 Å². The highest BCUT2D eigenvalue weighted by atomic mass is 32.2. The van der Waals surface area contributed by atoms with Crippen LogP contribution in [0.2, 0.25) is 0 Å². The van der Waals surface area contributed by atoms with E-state index < -0.39 is 38.5 Å². The van der Waals surface area contributed by atoms with Gasteiger partial charge in [0, 0.05) is 44.0 Å². The van der Waals surface area contributed by atoms with E-state index in [0.717, 1.165) is 25.0 Å². The third kappa shape index (κ3) is 5.94. The summed E-state index contributed by atoms with van der Waals surface area (Å²) < 4.78 is 70.5. The molecule has 0 radical (unpaired) electrons. The number of aromatic nitrogens is 3. The molecular weight excluding hydrogens is 447 g/mol. The normalized spacial score (nSPS) is 19.9. The van der Waals surface area contributed by atoms with Crippen LogP contribution in [-0.2, 0) is 16.2 Å². The average molecular weight is 472 g/mol. The summed E-state index contributed by atoms with van der Waals surface area (Å²) in [6.45, 7) is 0. The van der Waals surface area contributed by atoms with Crippen LogP contribution in [0.3, 0.4) is 0 Å². The summed E-state index contributed by atoms with van der Waals surface area (Å²) in [6, 6.07) is 1.70. The van der Waals surface area contributed by atoms with Gasteiger partial charge in [0.1, 0.15) is 12.7 Å². The predicted octanol–water partition coefficient (Wildman–Crippen LogP) is 3.02. The van der Waals surface area contributed by atoms with Gasteiger partial charge in [0.15, 0.2) is 5.78 Å². The van der Waals surface area contributed by atoms with E-state index in [1.165, 1.54) is 6.20 Å². The topological polar surface area (TPSA) is 97.2 Å². The molecule has 12 heteroatoms. The third-order valence-corrected chi connectivity index (χ3v) is 6.68. The number of ketones is 1. The number of hydrogen-bond acceptors (Lipinski definition) is 6. The minimum absolute atomic E-state index is 0.0127. The highest BCUT2D eigenvalue weighted by Gasteiger charge is 2.34. The zero-order valence-electron chi connectivity index (χ0n) is 17.6. The van der Waals surface area contributed by atoms with Crippen LogP contribution in [0, 0.1) is 0 Å². The van der Waals surface area contributed by atoms with Crippen LogP contribution in [0.15, 0.2) is 48.0 Å². The second-order valence-corrected chi connectivity index (χ2v) is 9.65. The second kappa shape index (κ2) is 9.41. The largest absolute Gasteiger partial charge is 0.416 e. The Balaban J connectivity index is 1.88. The van der Waals surface area contributed by atoms with Gasteiger partial charge >= 0.3 is 6.18 Å². The molecule has 1 heterocycles. The summed E-state index contributed by atoms with van der Waals surface area (Å²) in [6.07, 6.45) is 3.31. The standard InChI is InChI=1S/C20H24F3N5O3S/c1-27(2)7-6-19(29)14-8-15(20(21,22)23)10-18(9-14)32(30,31)26-16-4-3-5-17(11-16)28-12-24-25-13-28/h6-10,12-13,16-17,26H,3-5,11H2,1-2H3. The second-order valence-electron chi connectivity index (χ2n) is 7.94. The van der Waals surface area contributed by atoms with Crippen LogP contribution in [-0.4, -0.2) is 54.0 Å². The van der Waals surface area contributed by atoms with Crippen molar-refractivity contribution in [3.8, 4) is 0 Å². The molecule has 0 saturated heterocycles. The third-order valence-electron chi connectivity index (χ3n) is 5.18. The lowest BCUT2D eigenvalue weighted by Gasteiger charge is -2.30. The fourth-order valence-electron chi connectivity index (χ4n) is 3.60. The number of carbonyl (C=O) groups is 1. The number of allylic oxidation sites excluding steroid dienone is 1. The molecule has 0 bridgehead atoms. The lowest BCUT2D eigenvalue weighted by molar-refractivity contribution is -0.137. The van der Waals surface area contributed by atoms with E-state index >= 15 is 0 Å². The van der Waals surface area contributed by atoms with Crippen LogP contribution in [0.25, 0.3) is 0 Å². The molecule has 2 atom stereocenters. The van der Waals surface area contributed by atoms with Crippen molar-refractivity contribution < 1.29 is 26.4 Å². The molecule has 3 rings (SSSR count). The molecule has 1 N–H and O–H groups in total. The molecule has 0 amide bonds. The van der Waals surface area contributed by atoms with Gasteiger partial charge in [-0.05, 0) is 43.9 Å². The molecule has 1 aromatic carbocycles. The molecule has 2 aromatic rings. The summed E-state index contributed by atoms with van der Waals surface area (Å²) in [5.41, 5.74) is -1.56. The van der Waals surface area contributed by atoms with Gasteiger partial charge in [-0.1, -0.05) is 0 Å². The van der Waals surface area contributed by atoms with Crippen molar-refractivity contribution >= 4 is 15.8 Å². The summed E-state index contributed by atoms with van der Waals surface area (Å²) in [4.78, 5) is 13.3. The van der Waals surface area contributed by atoms with Crippen molar-refractivity contribution in [2.45, 2.75) is 48.8 Å². The number of hydrogen-bond donors (Lipinski definition) is 1. The molecule has 1 saturated carbocycles. The van der Waals surface area contributed by atoms with E-state index in [4.69, 9.17) is 0 Å². The van der Waals surface area contributed by atoms with Gasteiger partial charge < -0.3 is 9.47 Å². The summed E-state index contributed by atoms with van der Waals surface area (Å²) in [5.74, 6) is -0.730. The molecule has 1 aromatic heterocycles. The maximum absolute atomic E-state index is 13.4. The molecule has 8 nitrogen and oxygen atoms in total. The van der Waals surface area contributed by atoms with Gasteiger partial charge in [-0.15, -0.1) is 10.2 Å². The van der Waals surface area contributed by atoms with E-state index in [-0.39, 0.29) is 11.6 Å². The quantitative estimate of drug-likeness (QED) is 0.493. The lowest BCUT2D eigenvalue weighted by atomic mass is 9.91. The van der Waals surface area contributed by atoms with E-state index in [9.17, 15) is 26.4 Å². The Morgan fingerprint density at radius 3 is 2.50 bits per heavy atom. The maximum Gasteiger partial charge on any atom is 0.416 e. The molecule has 1 aliphatic carbocycles. The number of nitrogens with one attached hydrogen (secondary N) is 1. The van der Waals surface area contributed by atoms with E-state index in [1.54, 1.807) is 36.2 Å². The molecule has 0 spiro atoms. The maximum atomic E-state index is 13.4. The van der Waals surface area contributed by atoms with E-state index in [2.05, 4.69) is 14.9 Å². The predicted molar refractivity (Wildman–Crippen MR) is 110 cm³/mol. The van der Waals surface area contributed by atoms with Gasteiger partial charge in [-0.25, -0.2) is 13.1 Å². The van der Waals surface area contributed by atoms with Gasteiger partial charge in [-0.2, -0.15) is 13.2 Å². The molecule has 174 valence electrons. The first-order chi connectivity index (χ1) is 15.0. The highest BCUT2D eigenvalue weighted by molar-refractivity contribution is 7.89. The van der Waals surface area contributed by atoms with Crippen LogP contribution in [0.1, 0.15) is 47.6 Å². The van der Waals surface area contributed by atoms with Crippen molar-refractivity contribution in [1.82, 2.24) is 24.4 Å². The number of benzene rings is 1. The number of halogens is 3. The van der Waals surface area contributed by atoms with Gasteiger partial charge in [0.2, 0.25) is 10.0 Å². The van der Waals surface area contributed by atoms with Crippen LogP contribution >= 0.6 is 0 Å². The summed E-state index contributed by atoms with van der Waals surface area (Å²) in [7, 11) is -1.01. The smallest absolute Gasteiger partial charge is 0.383 e. The van der Waals surface area contributed by atoms with Gasteiger partial charge in [0.05, 0.1) is 10.5 Å². The van der Waals surface area contributed by atoms with Crippen molar-refractivity contribution in [3.05, 3.63) is 54.3 Å². The Kier molecular flexibility index (Phi) is 7.03. The first-order valence-electron chi connectivity index (χ1n) is 9.93. The van der Waals surface area contributed by atoms with E-state index in [1.807, 2.05) is 0 Å². The fraction of sp³-hybridized carbons (Fsp3) is 0.450.